The molecule has 0 spiro atoms. The average Bonchev–Trinajstić information content (AvgIpc) is 2.27. The summed E-state index contributed by atoms with van der Waals surface area (Å²) in [5.74, 6) is 1.58. The van der Waals surface area contributed by atoms with Gasteiger partial charge in [0.1, 0.15) is 5.60 Å². The molecule has 0 aromatic rings. The highest BCUT2D eigenvalue weighted by Gasteiger charge is 2.27. The third-order valence-corrected chi connectivity index (χ3v) is 4.77. The fourth-order valence-electron chi connectivity index (χ4n) is 2.31. The van der Waals surface area contributed by atoms with E-state index >= 15 is 0 Å². The summed E-state index contributed by atoms with van der Waals surface area (Å²) < 4.78 is 6.63. The van der Waals surface area contributed by atoms with E-state index in [1.54, 1.807) is 0 Å². The molecule has 106 valence electrons. The van der Waals surface area contributed by atoms with Gasteiger partial charge in [0.25, 0.3) is 0 Å². The van der Waals surface area contributed by atoms with Crippen LogP contribution in [-0.2, 0) is 4.74 Å². The van der Waals surface area contributed by atoms with Gasteiger partial charge in [-0.05, 0) is 51.9 Å². The molecular formula is C14H26INO2. The smallest absolute Gasteiger partial charge is 0.410 e. The van der Waals surface area contributed by atoms with Crippen molar-refractivity contribution >= 4 is 28.7 Å². The third kappa shape index (κ3) is 5.76. The van der Waals surface area contributed by atoms with Crippen LogP contribution in [0.15, 0.2) is 0 Å². The van der Waals surface area contributed by atoms with Gasteiger partial charge in [-0.3, -0.25) is 0 Å². The molecule has 0 unspecified atom stereocenters. The number of piperidine rings is 1. The summed E-state index contributed by atoms with van der Waals surface area (Å²) in [6.45, 7) is 9.77. The second-order valence-corrected chi connectivity index (χ2v) is 7.29. The van der Waals surface area contributed by atoms with Gasteiger partial charge in [-0.2, -0.15) is 0 Å². The molecule has 18 heavy (non-hydrogen) atoms. The minimum absolute atomic E-state index is 0.150. The zero-order valence-electron chi connectivity index (χ0n) is 12.0. The normalized spacial score (nSPS) is 19.7. The van der Waals surface area contributed by atoms with Crippen LogP contribution in [0.5, 0.6) is 0 Å². The SMILES string of the molecule is C[C@H](CI)CC1CCN(C(=O)OC(C)(C)C)CC1. The lowest BCUT2D eigenvalue weighted by Crippen LogP contribution is -2.41. The van der Waals surface area contributed by atoms with Gasteiger partial charge in [0, 0.05) is 17.5 Å². The van der Waals surface area contributed by atoms with Crippen LogP contribution in [0.25, 0.3) is 0 Å². The Labute approximate surface area is 125 Å². The van der Waals surface area contributed by atoms with Crippen LogP contribution < -0.4 is 0 Å². The van der Waals surface area contributed by atoms with Crippen molar-refractivity contribution in [1.29, 1.82) is 0 Å². The van der Waals surface area contributed by atoms with Gasteiger partial charge in [0.2, 0.25) is 0 Å². The molecule has 1 rings (SSSR count). The van der Waals surface area contributed by atoms with Gasteiger partial charge in [-0.15, -0.1) is 0 Å². The molecule has 0 aromatic carbocycles. The van der Waals surface area contributed by atoms with Crippen molar-refractivity contribution in [1.82, 2.24) is 4.90 Å². The molecule has 0 saturated carbocycles. The van der Waals surface area contributed by atoms with Crippen molar-refractivity contribution in [2.45, 2.75) is 52.6 Å². The summed E-state index contributed by atoms with van der Waals surface area (Å²) in [6.07, 6.45) is 3.40. The van der Waals surface area contributed by atoms with Gasteiger partial charge in [0.15, 0.2) is 0 Å². The average molecular weight is 367 g/mol. The maximum absolute atomic E-state index is 11.9. The molecule has 1 aliphatic rings. The van der Waals surface area contributed by atoms with Crippen LogP contribution in [-0.4, -0.2) is 34.1 Å². The predicted molar refractivity (Wildman–Crippen MR) is 83.2 cm³/mol. The van der Waals surface area contributed by atoms with Crippen molar-refractivity contribution < 1.29 is 9.53 Å². The van der Waals surface area contributed by atoms with Gasteiger partial charge in [-0.1, -0.05) is 29.5 Å². The molecule has 0 aromatic heterocycles. The van der Waals surface area contributed by atoms with Crippen molar-refractivity contribution in [3.8, 4) is 0 Å². The summed E-state index contributed by atoms with van der Waals surface area (Å²) in [4.78, 5) is 13.8. The van der Waals surface area contributed by atoms with Crippen LogP contribution in [0.4, 0.5) is 4.79 Å². The van der Waals surface area contributed by atoms with Crippen molar-refractivity contribution in [2.75, 3.05) is 17.5 Å². The molecule has 1 aliphatic heterocycles. The largest absolute Gasteiger partial charge is 0.444 e. The fourth-order valence-corrected chi connectivity index (χ4v) is 2.67. The number of nitrogens with zero attached hydrogens (tertiary/aromatic N) is 1. The topological polar surface area (TPSA) is 29.5 Å². The standard InChI is InChI=1S/C14H26INO2/c1-11(10-15)9-12-5-7-16(8-6-12)13(17)18-14(2,3)4/h11-12H,5-10H2,1-4H3/t11-/m0/s1. The van der Waals surface area contributed by atoms with E-state index in [2.05, 4.69) is 29.5 Å². The number of carbonyl (C=O) groups excluding carboxylic acids is 1. The minimum Gasteiger partial charge on any atom is -0.444 e. The Morgan fingerprint density at radius 1 is 1.39 bits per heavy atom. The fraction of sp³-hybridized carbons (Fsp3) is 0.929. The highest BCUT2D eigenvalue weighted by molar-refractivity contribution is 14.1. The Balaban J connectivity index is 2.33. The molecule has 0 radical (unpaired) electrons. The zero-order chi connectivity index (χ0) is 13.8. The van der Waals surface area contributed by atoms with E-state index in [9.17, 15) is 4.79 Å². The molecule has 1 amide bonds. The molecule has 3 nitrogen and oxygen atoms in total. The number of likely N-dealkylation sites (tertiary alicyclic amines) is 1. The van der Waals surface area contributed by atoms with Crippen LogP contribution in [0.3, 0.4) is 0 Å². The highest BCUT2D eigenvalue weighted by atomic mass is 127. The maximum atomic E-state index is 11.9. The number of hydrogen-bond donors (Lipinski definition) is 0. The van der Waals surface area contributed by atoms with Crippen molar-refractivity contribution in [3.63, 3.8) is 0 Å². The van der Waals surface area contributed by atoms with Crippen LogP contribution in [0.1, 0.15) is 47.0 Å². The Morgan fingerprint density at radius 2 is 1.94 bits per heavy atom. The lowest BCUT2D eigenvalue weighted by molar-refractivity contribution is 0.0177. The number of hydrogen-bond acceptors (Lipinski definition) is 2. The Kier molecular flexibility index (Phi) is 6.21. The monoisotopic (exact) mass is 367 g/mol. The quantitative estimate of drug-likeness (QED) is 0.555. The maximum Gasteiger partial charge on any atom is 0.410 e. The number of alkyl halides is 1. The molecule has 0 bridgehead atoms. The van der Waals surface area contributed by atoms with Crippen molar-refractivity contribution in [3.05, 3.63) is 0 Å². The predicted octanol–water partition coefficient (Wildman–Crippen LogP) is 4.09. The van der Waals surface area contributed by atoms with E-state index < -0.39 is 0 Å². The van der Waals surface area contributed by atoms with E-state index in [0.717, 1.165) is 37.8 Å². The number of rotatable bonds is 3. The number of halogens is 1. The molecule has 1 atom stereocenters. The van der Waals surface area contributed by atoms with E-state index in [1.165, 1.54) is 10.8 Å². The number of ether oxygens (including phenoxy) is 1. The van der Waals surface area contributed by atoms with Gasteiger partial charge in [0.05, 0.1) is 0 Å². The zero-order valence-corrected chi connectivity index (χ0v) is 14.2. The van der Waals surface area contributed by atoms with E-state index in [0.29, 0.717) is 0 Å². The Morgan fingerprint density at radius 3 is 2.39 bits per heavy atom. The lowest BCUT2D eigenvalue weighted by atomic mass is 9.89. The summed E-state index contributed by atoms with van der Waals surface area (Å²) in [5, 5.41) is 0. The van der Waals surface area contributed by atoms with E-state index in [4.69, 9.17) is 4.74 Å². The van der Waals surface area contributed by atoms with Gasteiger partial charge >= 0.3 is 6.09 Å². The van der Waals surface area contributed by atoms with Crippen LogP contribution >= 0.6 is 22.6 Å². The molecule has 0 aliphatic carbocycles. The number of carbonyl (C=O) groups is 1. The van der Waals surface area contributed by atoms with E-state index in [1.807, 2.05) is 25.7 Å². The summed E-state index contributed by atoms with van der Waals surface area (Å²) in [6, 6.07) is 0. The Bertz CT molecular complexity index is 267. The molecule has 1 fully saturated rings. The summed E-state index contributed by atoms with van der Waals surface area (Å²) in [7, 11) is 0. The molecular weight excluding hydrogens is 341 g/mol. The molecule has 1 heterocycles. The first kappa shape index (κ1) is 16.1. The third-order valence-electron chi connectivity index (χ3n) is 3.27. The molecule has 1 saturated heterocycles. The highest BCUT2D eigenvalue weighted by Crippen LogP contribution is 2.25. The molecule has 0 N–H and O–H groups in total. The first-order chi connectivity index (χ1) is 8.31. The minimum atomic E-state index is -0.385. The van der Waals surface area contributed by atoms with Gasteiger partial charge < -0.3 is 9.64 Å². The number of amides is 1. The second kappa shape index (κ2) is 6.96. The van der Waals surface area contributed by atoms with Crippen molar-refractivity contribution in [2.24, 2.45) is 11.8 Å². The van der Waals surface area contributed by atoms with E-state index in [-0.39, 0.29) is 11.7 Å². The first-order valence-corrected chi connectivity index (χ1v) is 8.38. The second-order valence-electron chi connectivity index (χ2n) is 6.41. The Hall–Kier alpha value is 0. The first-order valence-electron chi connectivity index (χ1n) is 6.85. The lowest BCUT2D eigenvalue weighted by Gasteiger charge is -2.34. The van der Waals surface area contributed by atoms with Gasteiger partial charge in [-0.25, -0.2) is 4.79 Å². The van der Waals surface area contributed by atoms with Crippen LogP contribution in [0.2, 0.25) is 0 Å². The summed E-state index contributed by atoms with van der Waals surface area (Å²) >= 11 is 2.45. The molecule has 4 heteroatoms. The summed E-state index contributed by atoms with van der Waals surface area (Å²) in [5.41, 5.74) is -0.385. The van der Waals surface area contributed by atoms with Crippen LogP contribution in [0, 0.1) is 11.8 Å².